The Balaban J connectivity index is 1.66. The molecule has 1 heterocycles. The number of benzene rings is 1. The molecule has 1 amide bonds. The van der Waals surface area contributed by atoms with E-state index in [-0.39, 0.29) is 12.1 Å². The van der Waals surface area contributed by atoms with Gasteiger partial charge in [-0.2, -0.15) is 0 Å². The molecule has 1 aromatic carbocycles. The summed E-state index contributed by atoms with van der Waals surface area (Å²) in [5.41, 5.74) is 1.12. The Labute approximate surface area is 125 Å². The molecule has 1 atom stereocenters. The van der Waals surface area contributed by atoms with Crippen LogP contribution in [0.25, 0.3) is 0 Å². The summed E-state index contributed by atoms with van der Waals surface area (Å²) >= 11 is 5.93. The highest BCUT2D eigenvalue weighted by Crippen LogP contribution is 2.30. The molecule has 1 aliphatic heterocycles. The average molecular weight is 293 g/mol. The molecule has 2 aliphatic rings. The number of amides is 1. The van der Waals surface area contributed by atoms with E-state index >= 15 is 0 Å². The first-order chi connectivity index (χ1) is 9.74. The zero-order valence-electron chi connectivity index (χ0n) is 11.6. The summed E-state index contributed by atoms with van der Waals surface area (Å²) in [6, 6.07) is 7.77. The van der Waals surface area contributed by atoms with Gasteiger partial charge >= 0.3 is 0 Å². The first kappa shape index (κ1) is 13.9. The molecule has 1 aliphatic carbocycles. The highest BCUT2D eigenvalue weighted by atomic mass is 35.5. The van der Waals surface area contributed by atoms with E-state index in [1.54, 1.807) is 0 Å². The van der Waals surface area contributed by atoms with E-state index in [1.165, 1.54) is 25.7 Å². The van der Waals surface area contributed by atoms with Crippen molar-refractivity contribution in [1.29, 1.82) is 0 Å². The first-order valence-corrected chi connectivity index (χ1v) is 7.90. The SMILES string of the molecule is O=C1CNC(c2ccc(Cl)cc2)N1CCC1CCCC1. The van der Waals surface area contributed by atoms with Gasteiger partial charge in [0.05, 0.1) is 6.54 Å². The highest BCUT2D eigenvalue weighted by Gasteiger charge is 2.31. The first-order valence-electron chi connectivity index (χ1n) is 7.52. The number of hydrogen-bond donors (Lipinski definition) is 1. The van der Waals surface area contributed by atoms with E-state index in [4.69, 9.17) is 11.6 Å². The molecule has 2 fully saturated rings. The Morgan fingerprint density at radius 3 is 2.60 bits per heavy atom. The van der Waals surface area contributed by atoms with Gasteiger partial charge in [0.25, 0.3) is 0 Å². The van der Waals surface area contributed by atoms with Crippen molar-refractivity contribution in [3.8, 4) is 0 Å². The molecule has 3 nitrogen and oxygen atoms in total. The number of nitrogens with one attached hydrogen (secondary N) is 1. The smallest absolute Gasteiger partial charge is 0.238 e. The van der Waals surface area contributed by atoms with Gasteiger partial charge in [-0.15, -0.1) is 0 Å². The third-order valence-electron chi connectivity index (χ3n) is 4.52. The van der Waals surface area contributed by atoms with Crippen molar-refractivity contribution in [3.63, 3.8) is 0 Å². The molecular formula is C16H21ClN2O. The zero-order valence-corrected chi connectivity index (χ0v) is 12.4. The minimum atomic E-state index is 0.0150. The highest BCUT2D eigenvalue weighted by molar-refractivity contribution is 6.30. The summed E-state index contributed by atoms with van der Waals surface area (Å²) in [5, 5.41) is 4.03. The number of rotatable bonds is 4. The summed E-state index contributed by atoms with van der Waals surface area (Å²) in [6.07, 6.45) is 6.54. The fourth-order valence-electron chi connectivity index (χ4n) is 3.36. The van der Waals surface area contributed by atoms with Crippen molar-refractivity contribution < 1.29 is 4.79 Å². The number of hydrogen-bond acceptors (Lipinski definition) is 2. The van der Waals surface area contributed by atoms with Gasteiger partial charge in [0.1, 0.15) is 6.17 Å². The summed E-state index contributed by atoms with van der Waals surface area (Å²) < 4.78 is 0. The average Bonchev–Trinajstić information content (AvgIpc) is 3.07. The fourth-order valence-corrected chi connectivity index (χ4v) is 3.48. The van der Waals surface area contributed by atoms with Crippen LogP contribution in [-0.2, 0) is 4.79 Å². The van der Waals surface area contributed by atoms with Crippen molar-refractivity contribution in [3.05, 3.63) is 34.9 Å². The topological polar surface area (TPSA) is 32.3 Å². The van der Waals surface area contributed by atoms with E-state index in [0.717, 1.165) is 29.5 Å². The Kier molecular flexibility index (Phi) is 4.27. The van der Waals surface area contributed by atoms with E-state index < -0.39 is 0 Å². The number of carbonyl (C=O) groups excluding carboxylic acids is 1. The molecule has 1 saturated heterocycles. The molecule has 1 unspecified atom stereocenters. The molecule has 1 saturated carbocycles. The lowest BCUT2D eigenvalue weighted by atomic mass is 10.0. The predicted octanol–water partition coefficient (Wildman–Crippen LogP) is 3.35. The largest absolute Gasteiger partial charge is 0.322 e. The van der Waals surface area contributed by atoms with Crippen LogP contribution in [0.3, 0.4) is 0 Å². The number of halogens is 1. The second-order valence-electron chi connectivity index (χ2n) is 5.86. The van der Waals surface area contributed by atoms with Crippen molar-refractivity contribution in [1.82, 2.24) is 10.2 Å². The minimum absolute atomic E-state index is 0.0150. The van der Waals surface area contributed by atoms with Crippen LogP contribution in [-0.4, -0.2) is 23.9 Å². The molecule has 4 heteroatoms. The number of carbonyl (C=O) groups is 1. The van der Waals surface area contributed by atoms with Crippen molar-refractivity contribution >= 4 is 17.5 Å². The van der Waals surface area contributed by atoms with E-state index in [0.29, 0.717) is 6.54 Å². The molecule has 1 N–H and O–H groups in total. The molecule has 0 radical (unpaired) electrons. The Morgan fingerprint density at radius 1 is 1.20 bits per heavy atom. The molecule has 20 heavy (non-hydrogen) atoms. The molecule has 0 spiro atoms. The normalized spacial score (nSPS) is 23.8. The third kappa shape index (κ3) is 2.99. The second-order valence-corrected chi connectivity index (χ2v) is 6.30. The summed E-state index contributed by atoms with van der Waals surface area (Å²) in [4.78, 5) is 14.1. The maximum atomic E-state index is 12.1. The Bertz CT molecular complexity index is 468. The molecule has 1 aromatic rings. The van der Waals surface area contributed by atoms with Gasteiger partial charge in [0.15, 0.2) is 0 Å². The minimum Gasteiger partial charge on any atom is -0.322 e. The molecule has 0 bridgehead atoms. The van der Waals surface area contributed by atoms with Gasteiger partial charge in [0, 0.05) is 11.6 Å². The molecule has 3 rings (SSSR count). The van der Waals surface area contributed by atoms with Crippen LogP contribution in [0, 0.1) is 5.92 Å². The van der Waals surface area contributed by atoms with Crippen LogP contribution in [0.15, 0.2) is 24.3 Å². The zero-order chi connectivity index (χ0) is 13.9. The monoisotopic (exact) mass is 292 g/mol. The second kappa shape index (κ2) is 6.15. The van der Waals surface area contributed by atoms with Gasteiger partial charge < -0.3 is 4.90 Å². The van der Waals surface area contributed by atoms with Crippen LogP contribution in [0.1, 0.15) is 43.8 Å². The summed E-state index contributed by atoms with van der Waals surface area (Å²) in [7, 11) is 0. The lowest BCUT2D eigenvalue weighted by molar-refractivity contribution is -0.128. The van der Waals surface area contributed by atoms with Crippen LogP contribution in [0.4, 0.5) is 0 Å². The van der Waals surface area contributed by atoms with Crippen molar-refractivity contribution in [2.45, 2.75) is 38.3 Å². The van der Waals surface area contributed by atoms with Crippen molar-refractivity contribution in [2.75, 3.05) is 13.1 Å². The van der Waals surface area contributed by atoms with E-state index in [2.05, 4.69) is 5.32 Å². The summed E-state index contributed by atoms with van der Waals surface area (Å²) in [5.74, 6) is 1.03. The van der Waals surface area contributed by atoms with Crippen LogP contribution in [0.2, 0.25) is 5.02 Å². The maximum Gasteiger partial charge on any atom is 0.238 e. The lowest BCUT2D eigenvalue weighted by Crippen LogP contribution is -2.32. The van der Waals surface area contributed by atoms with Crippen LogP contribution >= 0.6 is 11.6 Å². The number of nitrogens with zero attached hydrogens (tertiary/aromatic N) is 1. The fraction of sp³-hybridized carbons (Fsp3) is 0.562. The van der Waals surface area contributed by atoms with Gasteiger partial charge in [-0.3, -0.25) is 10.1 Å². The van der Waals surface area contributed by atoms with Crippen LogP contribution in [0.5, 0.6) is 0 Å². The Hall–Kier alpha value is -1.06. The maximum absolute atomic E-state index is 12.1. The molecule has 108 valence electrons. The van der Waals surface area contributed by atoms with Gasteiger partial charge in [0.2, 0.25) is 5.91 Å². The van der Waals surface area contributed by atoms with Crippen LogP contribution < -0.4 is 5.32 Å². The Morgan fingerprint density at radius 2 is 1.90 bits per heavy atom. The molecular weight excluding hydrogens is 272 g/mol. The van der Waals surface area contributed by atoms with Gasteiger partial charge in [-0.05, 0) is 30.0 Å². The predicted molar refractivity (Wildman–Crippen MR) is 80.5 cm³/mol. The lowest BCUT2D eigenvalue weighted by Gasteiger charge is -2.26. The van der Waals surface area contributed by atoms with E-state index in [9.17, 15) is 4.79 Å². The third-order valence-corrected chi connectivity index (χ3v) is 4.77. The van der Waals surface area contributed by atoms with Gasteiger partial charge in [-0.25, -0.2) is 0 Å². The quantitative estimate of drug-likeness (QED) is 0.923. The van der Waals surface area contributed by atoms with Crippen molar-refractivity contribution in [2.24, 2.45) is 5.92 Å². The summed E-state index contributed by atoms with van der Waals surface area (Å²) in [6.45, 7) is 1.31. The van der Waals surface area contributed by atoms with Gasteiger partial charge in [-0.1, -0.05) is 49.4 Å². The van der Waals surface area contributed by atoms with E-state index in [1.807, 2.05) is 29.2 Å². The molecule has 0 aromatic heterocycles. The standard InChI is InChI=1S/C16H21ClN2O/c17-14-7-5-13(6-8-14)16-18-11-15(20)19(16)10-9-12-3-1-2-4-12/h5-8,12,16,18H,1-4,9-11H2.